The van der Waals surface area contributed by atoms with Gasteiger partial charge in [0.1, 0.15) is 5.82 Å². The Balaban J connectivity index is 1.51. The molecule has 1 aliphatic heterocycles. The van der Waals surface area contributed by atoms with Crippen molar-refractivity contribution in [1.29, 1.82) is 0 Å². The summed E-state index contributed by atoms with van der Waals surface area (Å²) in [6.45, 7) is 5.35. The number of nitrogens with zero attached hydrogens (tertiary/aromatic N) is 2. The minimum absolute atomic E-state index is 0.535. The monoisotopic (exact) mass is 294 g/mol. The van der Waals surface area contributed by atoms with Crippen LogP contribution in [0.2, 0.25) is 0 Å². The van der Waals surface area contributed by atoms with E-state index in [9.17, 15) is 0 Å². The number of aryl methyl sites for hydroxylation is 1. The Morgan fingerprint density at radius 3 is 3.09 bits per heavy atom. The van der Waals surface area contributed by atoms with Crippen LogP contribution in [0, 0.1) is 6.92 Å². The van der Waals surface area contributed by atoms with E-state index in [0.717, 1.165) is 24.6 Å². The molecule has 4 nitrogen and oxygen atoms in total. The molecule has 1 fully saturated rings. The standard InChI is InChI=1S/C18H22N4/c1-13-9-20-18(21-13)14-5-4-8-22(11-14)12-15-10-19-17-7-3-2-6-16(15)17/h2-3,6-7,9-10,14,19H,4-5,8,11-12H2,1H3,(H,20,21)/t14-/m0/s1. The molecule has 1 aromatic carbocycles. The van der Waals surface area contributed by atoms with Gasteiger partial charge in [-0.25, -0.2) is 4.98 Å². The van der Waals surface area contributed by atoms with Crippen molar-refractivity contribution in [2.75, 3.05) is 13.1 Å². The molecule has 2 aromatic heterocycles. The third-order valence-corrected chi connectivity index (χ3v) is 4.68. The van der Waals surface area contributed by atoms with Gasteiger partial charge in [0.25, 0.3) is 0 Å². The van der Waals surface area contributed by atoms with Crippen molar-refractivity contribution in [3.8, 4) is 0 Å². The number of aromatic amines is 2. The average molecular weight is 294 g/mol. The molecule has 22 heavy (non-hydrogen) atoms. The second-order valence-corrected chi connectivity index (χ2v) is 6.39. The van der Waals surface area contributed by atoms with Crippen LogP contribution < -0.4 is 0 Å². The molecule has 3 heterocycles. The van der Waals surface area contributed by atoms with Gasteiger partial charge in [0.05, 0.1) is 0 Å². The summed E-state index contributed by atoms with van der Waals surface area (Å²) >= 11 is 0. The van der Waals surface area contributed by atoms with Crippen LogP contribution in [0.25, 0.3) is 10.9 Å². The molecular formula is C18H22N4. The van der Waals surface area contributed by atoms with Crippen LogP contribution in [0.15, 0.2) is 36.7 Å². The highest BCUT2D eigenvalue weighted by Gasteiger charge is 2.23. The second-order valence-electron chi connectivity index (χ2n) is 6.39. The number of nitrogens with one attached hydrogen (secondary N) is 2. The third-order valence-electron chi connectivity index (χ3n) is 4.68. The van der Waals surface area contributed by atoms with Gasteiger partial charge in [-0.3, -0.25) is 4.90 Å². The number of aromatic nitrogens is 3. The molecule has 114 valence electrons. The lowest BCUT2D eigenvalue weighted by atomic mass is 9.97. The summed E-state index contributed by atoms with van der Waals surface area (Å²) in [6, 6.07) is 8.55. The van der Waals surface area contributed by atoms with E-state index in [1.54, 1.807) is 0 Å². The number of rotatable bonds is 3. The van der Waals surface area contributed by atoms with Crippen LogP contribution in [-0.4, -0.2) is 32.9 Å². The predicted molar refractivity (Wildman–Crippen MR) is 88.9 cm³/mol. The summed E-state index contributed by atoms with van der Waals surface area (Å²) in [4.78, 5) is 13.9. The molecular weight excluding hydrogens is 272 g/mol. The Kier molecular flexibility index (Phi) is 3.47. The fraction of sp³-hybridized carbons (Fsp3) is 0.389. The first kappa shape index (κ1) is 13.6. The second kappa shape index (κ2) is 5.61. The zero-order chi connectivity index (χ0) is 14.9. The van der Waals surface area contributed by atoms with Crippen LogP contribution in [0.3, 0.4) is 0 Å². The van der Waals surface area contributed by atoms with E-state index >= 15 is 0 Å². The summed E-state index contributed by atoms with van der Waals surface area (Å²) in [5, 5.41) is 1.35. The van der Waals surface area contributed by atoms with Gasteiger partial charge in [-0.05, 0) is 37.9 Å². The lowest BCUT2D eigenvalue weighted by Gasteiger charge is -2.31. The average Bonchev–Trinajstić information content (AvgIpc) is 3.15. The minimum Gasteiger partial charge on any atom is -0.361 e. The van der Waals surface area contributed by atoms with Crippen molar-refractivity contribution in [3.05, 3.63) is 53.7 Å². The summed E-state index contributed by atoms with van der Waals surface area (Å²) < 4.78 is 0. The Labute approximate surface area is 130 Å². The van der Waals surface area contributed by atoms with Gasteiger partial charge in [-0.2, -0.15) is 0 Å². The van der Waals surface area contributed by atoms with Crippen LogP contribution in [-0.2, 0) is 6.54 Å². The van der Waals surface area contributed by atoms with Crippen LogP contribution in [0.5, 0.6) is 0 Å². The molecule has 2 N–H and O–H groups in total. The third kappa shape index (κ3) is 2.55. The van der Waals surface area contributed by atoms with Gasteiger partial charge in [0.2, 0.25) is 0 Å². The van der Waals surface area contributed by atoms with Crippen molar-refractivity contribution < 1.29 is 0 Å². The van der Waals surface area contributed by atoms with E-state index in [0.29, 0.717) is 5.92 Å². The first-order chi connectivity index (χ1) is 10.8. The molecule has 0 spiro atoms. The zero-order valence-electron chi connectivity index (χ0n) is 13.0. The van der Waals surface area contributed by atoms with Gasteiger partial charge < -0.3 is 9.97 Å². The van der Waals surface area contributed by atoms with Gasteiger partial charge in [0, 0.05) is 48.0 Å². The number of fused-ring (bicyclic) bond motifs is 1. The van der Waals surface area contributed by atoms with Crippen molar-refractivity contribution >= 4 is 10.9 Å². The van der Waals surface area contributed by atoms with Crippen LogP contribution >= 0.6 is 0 Å². The number of piperidine rings is 1. The highest BCUT2D eigenvalue weighted by atomic mass is 15.1. The maximum absolute atomic E-state index is 4.53. The summed E-state index contributed by atoms with van der Waals surface area (Å²) in [5.41, 5.74) is 3.78. The molecule has 0 amide bonds. The van der Waals surface area contributed by atoms with E-state index in [4.69, 9.17) is 0 Å². The summed E-state index contributed by atoms with van der Waals surface area (Å²) in [5.74, 6) is 1.69. The zero-order valence-corrected chi connectivity index (χ0v) is 13.0. The molecule has 4 rings (SSSR count). The molecule has 0 radical (unpaired) electrons. The first-order valence-corrected chi connectivity index (χ1v) is 8.08. The van der Waals surface area contributed by atoms with Gasteiger partial charge in [-0.1, -0.05) is 18.2 Å². The highest BCUT2D eigenvalue weighted by molar-refractivity contribution is 5.82. The van der Waals surface area contributed by atoms with Crippen LogP contribution in [0.4, 0.5) is 0 Å². The van der Waals surface area contributed by atoms with E-state index in [1.165, 1.54) is 35.9 Å². The molecule has 0 bridgehead atoms. The van der Waals surface area contributed by atoms with Crippen LogP contribution in [0.1, 0.15) is 35.8 Å². The van der Waals surface area contributed by atoms with Crippen molar-refractivity contribution in [3.63, 3.8) is 0 Å². The number of H-pyrrole nitrogens is 2. The van der Waals surface area contributed by atoms with Gasteiger partial charge in [0.15, 0.2) is 0 Å². The van der Waals surface area contributed by atoms with E-state index < -0.39 is 0 Å². The van der Waals surface area contributed by atoms with Gasteiger partial charge >= 0.3 is 0 Å². The smallest absolute Gasteiger partial charge is 0.110 e. The number of para-hydroxylation sites is 1. The maximum atomic E-state index is 4.53. The fourth-order valence-corrected chi connectivity index (χ4v) is 3.57. The van der Waals surface area contributed by atoms with E-state index in [2.05, 4.69) is 57.2 Å². The molecule has 4 heteroatoms. The summed E-state index contributed by atoms with van der Waals surface area (Å²) in [6.07, 6.45) is 6.57. The fourth-order valence-electron chi connectivity index (χ4n) is 3.57. The normalized spacial score (nSPS) is 19.8. The SMILES string of the molecule is Cc1cnc([C@H]2CCCN(Cc3c[nH]c4ccccc34)C2)[nH]1. The number of hydrogen-bond donors (Lipinski definition) is 2. The predicted octanol–water partition coefficient (Wildman–Crippen LogP) is 3.58. The molecule has 1 atom stereocenters. The van der Waals surface area contributed by atoms with Crippen molar-refractivity contribution in [1.82, 2.24) is 19.9 Å². The molecule has 0 aliphatic carbocycles. The highest BCUT2D eigenvalue weighted by Crippen LogP contribution is 2.27. The minimum atomic E-state index is 0.535. The quantitative estimate of drug-likeness (QED) is 0.775. The lowest BCUT2D eigenvalue weighted by Crippen LogP contribution is -2.34. The Morgan fingerprint density at radius 1 is 1.32 bits per heavy atom. The first-order valence-electron chi connectivity index (χ1n) is 8.08. The number of hydrogen-bond acceptors (Lipinski definition) is 2. The maximum Gasteiger partial charge on any atom is 0.110 e. The van der Waals surface area contributed by atoms with Crippen molar-refractivity contribution in [2.45, 2.75) is 32.2 Å². The van der Waals surface area contributed by atoms with E-state index in [-0.39, 0.29) is 0 Å². The Hall–Kier alpha value is -2.07. The molecule has 0 saturated carbocycles. The molecule has 1 saturated heterocycles. The topological polar surface area (TPSA) is 47.7 Å². The van der Waals surface area contributed by atoms with Crippen molar-refractivity contribution in [2.24, 2.45) is 0 Å². The molecule has 3 aromatic rings. The lowest BCUT2D eigenvalue weighted by molar-refractivity contribution is 0.197. The number of imidazole rings is 1. The Morgan fingerprint density at radius 2 is 2.23 bits per heavy atom. The van der Waals surface area contributed by atoms with Gasteiger partial charge in [-0.15, -0.1) is 0 Å². The molecule has 0 unspecified atom stereocenters. The Bertz CT molecular complexity index is 770. The van der Waals surface area contributed by atoms with E-state index in [1.807, 2.05) is 6.20 Å². The number of benzene rings is 1. The largest absolute Gasteiger partial charge is 0.361 e. The number of likely N-dealkylation sites (tertiary alicyclic amines) is 1. The molecule has 1 aliphatic rings. The summed E-state index contributed by atoms with van der Waals surface area (Å²) in [7, 11) is 0.